The van der Waals surface area contributed by atoms with Gasteiger partial charge >= 0.3 is 0 Å². The smallest absolute Gasteiger partial charge is 0.0110 e. The van der Waals surface area contributed by atoms with Gasteiger partial charge < -0.3 is 10.2 Å². The lowest BCUT2D eigenvalue weighted by atomic mass is 10.1. The monoisotopic (exact) mass is 311 g/mol. The van der Waals surface area contributed by atoms with Crippen molar-refractivity contribution in [2.45, 2.75) is 44.6 Å². The summed E-state index contributed by atoms with van der Waals surface area (Å²) in [5, 5.41) is 3.42. The molecule has 1 saturated heterocycles. The Kier molecular flexibility index (Phi) is 11.4. The van der Waals surface area contributed by atoms with E-state index < -0.39 is 0 Å². The fraction of sp³-hybridized carbons (Fsp3) is 1.00. The first-order valence-corrected chi connectivity index (χ1v) is 7.49. The van der Waals surface area contributed by atoms with E-state index in [4.69, 9.17) is 0 Å². The van der Waals surface area contributed by atoms with Gasteiger partial charge in [0.15, 0.2) is 0 Å². The average molecular weight is 312 g/mol. The molecular formula is C14H31Cl2N3. The molecule has 0 atom stereocenters. The molecule has 0 aromatic carbocycles. The summed E-state index contributed by atoms with van der Waals surface area (Å²) in [4.78, 5) is 5.22. The lowest BCUT2D eigenvalue weighted by Crippen LogP contribution is -2.47. The summed E-state index contributed by atoms with van der Waals surface area (Å²) in [6.45, 7) is 7.33. The van der Waals surface area contributed by atoms with Crippen LogP contribution in [0.3, 0.4) is 0 Å². The van der Waals surface area contributed by atoms with E-state index in [-0.39, 0.29) is 24.8 Å². The van der Waals surface area contributed by atoms with Crippen molar-refractivity contribution in [2.24, 2.45) is 0 Å². The normalized spacial score (nSPS) is 22.4. The number of nitrogens with one attached hydrogen (secondary N) is 1. The zero-order chi connectivity index (χ0) is 11.9. The molecule has 0 amide bonds. The second kappa shape index (κ2) is 11.2. The standard InChI is InChI=1S/C14H29N3.2ClH/c1-16(14-6-4-2-3-5-7-14)12-13-17-10-8-15-9-11-17;;/h14-15H,2-13H2,1H3;2*1H. The molecule has 116 valence electrons. The number of likely N-dealkylation sites (N-methyl/N-ethyl adjacent to an activating group) is 1. The fourth-order valence-corrected chi connectivity index (χ4v) is 3.12. The van der Waals surface area contributed by atoms with Crippen molar-refractivity contribution in [3.05, 3.63) is 0 Å². The van der Waals surface area contributed by atoms with E-state index in [9.17, 15) is 0 Å². The Hall–Kier alpha value is 0.460. The van der Waals surface area contributed by atoms with Crippen LogP contribution in [0.2, 0.25) is 0 Å². The van der Waals surface area contributed by atoms with Gasteiger partial charge in [0.05, 0.1) is 0 Å². The molecule has 0 bridgehead atoms. The van der Waals surface area contributed by atoms with Gasteiger partial charge in [0, 0.05) is 45.3 Å². The Morgan fingerprint density at radius 3 is 2.16 bits per heavy atom. The van der Waals surface area contributed by atoms with Gasteiger partial charge in [0.2, 0.25) is 0 Å². The summed E-state index contributed by atoms with van der Waals surface area (Å²) in [7, 11) is 2.33. The molecule has 0 spiro atoms. The van der Waals surface area contributed by atoms with Crippen molar-refractivity contribution in [1.29, 1.82) is 0 Å². The molecule has 0 unspecified atom stereocenters. The van der Waals surface area contributed by atoms with Crippen molar-refractivity contribution < 1.29 is 0 Å². The molecule has 5 heteroatoms. The number of hydrogen-bond donors (Lipinski definition) is 1. The van der Waals surface area contributed by atoms with E-state index in [1.165, 1.54) is 77.8 Å². The van der Waals surface area contributed by atoms with Crippen LogP contribution >= 0.6 is 24.8 Å². The predicted octanol–water partition coefficient (Wildman–Crippen LogP) is 2.39. The Morgan fingerprint density at radius 1 is 1.00 bits per heavy atom. The highest BCUT2D eigenvalue weighted by atomic mass is 35.5. The number of hydrogen-bond acceptors (Lipinski definition) is 3. The number of piperazine rings is 1. The van der Waals surface area contributed by atoms with Crippen molar-refractivity contribution >= 4 is 24.8 Å². The summed E-state index contributed by atoms with van der Waals surface area (Å²) in [6.07, 6.45) is 8.67. The first kappa shape index (κ1) is 19.5. The largest absolute Gasteiger partial charge is 0.314 e. The maximum atomic E-state index is 3.42. The number of rotatable bonds is 4. The van der Waals surface area contributed by atoms with Gasteiger partial charge in [-0.3, -0.25) is 4.90 Å². The van der Waals surface area contributed by atoms with Crippen LogP contribution in [0.5, 0.6) is 0 Å². The minimum atomic E-state index is 0. The third kappa shape index (κ3) is 7.14. The molecular weight excluding hydrogens is 281 g/mol. The molecule has 1 aliphatic heterocycles. The quantitative estimate of drug-likeness (QED) is 0.804. The molecule has 1 saturated carbocycles. The average Bonchev–Trinajstić information content (AvgIpc) is 2.66. The first-order chi connectivity index (χ1) is 8.36. The molecule has 1 N–H and O–H groups in total. The second-order valence-corrected chi connectivity index (χ2v) is 5.72. The minimum Gasteiger partial charge on any atom is -0.314 e. The molecule has 1 heterocycles. The zero-order valence-electron chi connectivity index (χ0n) is 12.3. The van der Waals surface area contributed by atoms with Gasteiger partial charge in [-0.1, -0.05) is 25.7 Å². The van der Waals surface area contributed by atoms with Gasteiger partial charge in [-0.2, -0.15) is 0 Å². The number of halogens is 2. The van der Waals surface area contributed by atoms with Crippen LogP contribution in [-0.2, 0) is 0 Å². The molecule has 3 nitrogen and oxygen atoms in total. The molecule has 1 aliphatic carbocycles. The highest BCUT2D eigenvalue weighted by Gasteiger charge is 2.17. The Labute approximate surface area is 131 Å². The van der Waals surface area contributed by atoms with E-state index >= 15 is 0 Å². The van der Waals surface area contributed by atoms with Crippen LogP contribution in [0.15, 0.2) is 0 Å². The third-order valence-corrected chi connectivity index (χ3v) is 4.43. The van der Waals surface area contributed by atoms with E-state index in [1.807, 2.05) is 0 Å². The van der Waals surface area contributed by atoms with Crippen LogP contribution in [0.1, 0.15) is 38.5 Å². The fourth-order valence-electron chi connectivity index (χ4n) is 3.12. The first-order valence-electron chi connectivity index (χ1n) is 7.49. The lowest BCUT2D eigenvalue weighted by molar-refractivity contribution is 0.167. The van der Waals surface area contributed by atoms with Crippen molar-refractivity contribution in [1.82, 2.24) is 15.1 Å². The van der Waals surface area contributed by atoms with Crippen LogP contribution in [0.4, 0.5) is 0 Å². The molecule has 0 aromatic rings. The second-order valence-electron chi connectivity index (χ2n) is 5.72. The SMILES string of the molecule is CN(CCN1CCNCC1)C1CCCCCC1.Cl.Cl. The highest BCUT2D eigenvalue weighted by Crippen LogP contribution is 2.20. The van der Waals surface area contributed by atoms with E-state index in [0.717, 1.165) is 6.04 Å². The maximum Gasteiger partial charge on any atom is 0.0110 e. The summed E-state index contributed by atoms with van der Waals surface area (Å²) >= 11 is 0. The summed E-state index contributed by atoms with van der Waals surface area (Å²) in [5.74, 6) is 0. The Morgan fingerprint density at radius 2 is 1.58 bits per heavy atom. The topological polar surface area (TPSA) is 18.5 Å². The zero-order valence-corrected chi connectivity index (χ0v) is 13.9. The number of nitrogens with zero attached hydrogens (tertiary/aromatic N) is 2. The van der Waals surface area contributed by atoms with E-state index in [2.05, 4.69) is 22.2 Å². The van der Waals surface area contributed by atoms with Crippen molar-refractivity contribution in [3.63, 3.8) is 0 Å². The molecule has 0 aromatic heterocycles. The molecule has 2 rings (SSSR count). The lowest BCUT2D eigenvalue weighted by Gasteiger charge is -2.32. The third-order valence-electron chi connectivity index (χ3n) is 4.43. The van der Waals surface area contributed by atoms with Crippen molar-refractivity contribution in [3.8, 4) is 0 Å². The summed E-state index contributed by atoms with van der Waals surface area (Å²) in [6, 6.07) is 0.861. The summed E-state index contributed by atoms with van der Waals surface area (Å²) in [5.41, 5.74) is 0. The Bertz CT molecular complexity index is 203. The summed E-state index contributed by atoms with van der Waals surface area (Å²) < 4.78 is 0. The van der Waals surface area contributed by atoms with Gasteiger partial charge in [-0.15, -0.1) is 24.8 Å². The molecule has 0 radical (unpaired) electrons. The molecule has 2 fully saturated rings. The van der Waals surface area contributed by atoms with Crippen LogP contribution in [0.25, 0.3) is 0 Å². The van der Waals surface area contributed by atoms with Gasteiger partial charge in [0.25, 0.3) is 0 Å². The molecule has 19 heavy (non-hydrogen) atoms. The van der Waals surface area contributed by atoms with E-state index in [1.54, 1.807) is 0 Å². The van der Waals surface area contributed by atoms with Crippen LogP contribution in [0, 0.1) is 0 Å². The van der Waals surface area contributed by atoms with Crippen LogP contribution in [-0.4, -0.2) is 62.2 Å². The van der Waals surface area contributed by atoms with E-state index in [0.29, 0.717) is 0 Å². The maximum absolute atomic E-state index is 3.42. The van der Waals surface area contributed by atoms with Gasteiger partial charge in [-0.05, 0) is 19.9 Å². The Balaban J connectivity index is 0.00000162. The van der Waals surface area contributed by atoms with Crippen molar-refractivity contribution in [2.75, 3.05) is 46.3 Å². The minimum absolute atomic E-state index is 0. The van der Waals surface area contributed by atoms with Crippen LogP contribution < -0.4 is 5.32 Å². The van der Waals surface area contributed by atoms with Gasteiger partial charge in [0.1, 0.15) is 0 Å². The molecule has 2 aliphatic rings. The van der Waals surface area contributed by atoms with Gasteiger partial charge in [-0.25, -0.2) is 0 Å². The predicted molar refractivity (Wildman–Crippen MR) is 87.9 cm³/mol. The highest BCUT2D eigenvalue weighted by molar-refractivity contribution is 5.85.